The maximum Gasteiger partial charge on any atom is 0.344 e. The minimum absolute atomic E-state index is 0.146. The fraction of sp³-hybridized carbons (Fsp3) is 0.562. The first-order chi connectivity index (χ1) is 10.1. The highest BCUT2D eigenvalue weighted by molar-refractivity contribution is 5.71. The molecular formula is C16H22FNO3. The third-order valence-corrected chi connectivity index (χ3v) is 3.47. The van der Waals surface area contributed by atoms with Crippen molar-refractivity contribution in [2.75, 3.05) is 26.2 Å². The molecule has 0 radical (unpaired) electrons. The molecule has 2 rings (SSSR count). The average Bonchev–Trinajstić information content (AvgIpc) is 2.47. The van der Waals surface area contributed by atoms with Crippen molar-refractivity contribution >= 4 is 5.97 Å². The van der Waals surface area contributed by atoms with Crippen molar-refractivity contribution in [3.05, 3.63) is 30.1 Å². The number of carbonyl (C=O) groups is 1. The Morgan fingerprint density at radius 1 is 1.24 bits per heavy atom. The third kappa shape index (κ3) is 5.71. The van der Waals surface area contributed by atoms with Crippen LogP contribution in [0.25, 0.3) is 0 Å². The summed E-state index contributed by atoms with van der Waals surface area (Å²) >= 11 is 0. The zero-order chi connectivity index (χ0) is 15.1. The lowest BCUT2D eigenvalue weighted by Gasteiger charge is -2.28. The molecule has 1 aliphatic heterocycles. The predicted molar refractivity (Wildman–Crippen MR) is 77.7 cm³/mol. The molecule has 21 heavy (non-hydrogen) atoms. The molecule has 0 aromatic heterocycles. The van der Waals surface area contributed by atoms with Crippen LogP contribution in [0.3, 0.4) is 0 Å². The number of likely N-dealkylation sites (tertiary alicyclic amines) is 1. The van der Waals surface area contributed by atoms with E-state index in [0.717, 1.165) is 19.6 Å². The van der Waals surface area contributed by atoms with E-state index in [1.165, 1.54) is 43.5 Å². The summed E-state index contributed by atoms with van der Waals surface area (Å²) in [6, 6.07) is 5.55. The summed E-state index contributed by atoms with van der Waals surface area (Å²) in [4.78, 5) is 14.0. The molecule has 1 unspecified atom stereocenters. The summed E-state index contributed by atoms with van der Waals surface area (Å²) in [7, 11) is 0. The zero-order valence-corrected chi connectivity index (χ0v) is 12.4. The minimum Gasteiger partial charge on any atom is -0.482 e. The first-order valence-corrected chi connectivity index (χ1v) is 7.43. The van der Waals surface area contributed by atoms with E-state index in [2.05, 4.69) is 4.90 Å². The number of rotatable bonds is 6. The highest BCUT2D eigenvalue weighted by Crippen LogP contribution is 2.12. The number of esters is 1. The largest absolute Gasteiger partial charge is 0.482 e. The van der Waals surface area contributed by atoms with Crippen LogP contribution in [0.1, 0.15) is 26.2 Å². The van der Waals surface area contributed by atoms with Gasteiger partial charge in [-0.15, -0.1) is 0 Å². The summed E-state index contributed by atoms with van der Waals surface area (Å²) in [5.74, 6) is -0.277. The molecule has 116 valence electrons. The number of halogens is 1. The SMILES string of the molecule is CC(CN1CCCCC1)OC(=O)COc1ccc(F)cc1. The van der Waals surface area contributed by atoms with E-state index in [0.29, 0.717) is 5.75 Å². The highest BCUT2D eigenvalue weighted by atomic mass is 19.1. The fourth-order valence-electron chi connectivity index (χ4n) is 2.47. The van der Waals surface area contributed by atoms with Gasteiger partial charge in [-0.3, -0.25) is 4.90 Å². The number of hydrogen-bond donors (Lipinski definition) is 0. The van der Waals surface area contributed by atoms with Crippen molar-refractivity contribution in [1.29, 1.82) is 0 Å². The van der Waals surface area contributed by atoms with E-state index in [-0.39, 0.29) is 18.5 Å². The zero-order valence-electron chi connectivity index (χ0n) is 12.4. The van der Waals surface area contributed by atoms with Crippen molar-refractivity contribution < 1.29 is 18.7 Å². The maximum absolute atomic E-state index is 12.7. The van der Waals surface area contributed by atoms with Crippen LogP contribution >= 0.6 is 0 Å². The van der Waals surface area contributed by atoms with Crippen molar-refractivity contribution in [2.45, 2.75) is 32.3 Å². The van der Waals surface area contributed by atoms with E-state index in [1.807, 2.05) is 6.92 Å². The van der Waals surface area contributed by atoms with Crippen molar-refractivity contribution in [3.8, 4) is 5.75 Å². The van der Waals surface area contributed by atoms with Gasteiger partial charge in [-0.05, 0) is 57.1 Å². The van der Waals surface area contributed by atoms with E-state index in [1.54, 1.807) is 0 Å². The molecule has 0 spiro atoms. The minimum atomic E-state index is -0.399. The normalized spacial score (nSPS) is 17.2. The molecule has 0 saturated carbocycles. The van der Waals surface area contributed by atoms with Gasteiger partial charge in [0, 0.05) is 6.54 Å². The Kier molecular flexibility index (Phi) is 5.99. The van der Waals surface area contributed by atoms with Crippen molar-refractivity contribution in [1.82, 2.24) is 4.90 Å². The molecular weight excluding hydrogens is 273 g/mol. The topological polar surface area (TPSA) is 38.8 Å². The van der Waals surface area contributed by atoms with Gasteiger partial charge in [0.25, 0.3) is 0 Å². The Hall–Kier alpha value is -1.62. The lowest BCUT2D eigenvalue weighted by molar-refractivity contribution is -0.151. The summed E-state index contributed by atoms with van der Waals surface area (Å²) in [6.45, 7) is 4.66. The van der Waals surface area contributed by atoms with Crippen LogP contribution in [0.15, 0.2) is 24.3 Å². The van der Waals surface area contributed by atoms with E-state index in [4.69, 9.17) is 9.47 Å². The average molecular weight is 295 g/mol. The van der Waals surface area contributed by atoms with Gasteiger partial charge >= 0.3 is 5.97 Å². The maximum atomic E-state index is 12.7. The second kappa shape index (κ2) is 7.98. The van der Waals surface area contributed by atoms with Gasteiger partial charge in [0.1, 0.15) is 17.7 Å². The summed E-state index contributed by atoms with van der Waals surface area (Å²) in [6.07, 6.45) is 3.58. The Balaban J connectivity index is 1.67. The second-order valence-corrected chi connectivity index (χ2v) is 5.40. The Labute approximate surface area is 124 Å². The standard InChI is InChI=1S/C16H22FNO3/c1-13(11-18-9-3-2-4-10-18)21-16(19)12-20-15-7-5-14(17)6-8-15/h5-8,13H,2-4,9-12H2,1H3. The first kappa shape index (κ1) is 15.8. The van der Waals surface area contributed by atoms with Crippen LogP contribution in [0.2, 0.25) is 0 Å². The molecule has 0 bridgehead atoms. The smallest absolute Gasteiger partial charge is 0.344 e. The molecule has 5 heteroatoms. The monoisotopic (exact) mass is 295 g/mol. The molecule has 0 aliphatic carbocycles. The van der Waals surface area contributed by atoms with Gasteiger partial charge in [0.05, 0.1) is 0 Å². The van der Waals surface area contributed by atoms with Gasteiger partial charge in [-0.25, -0.2) is 9.18 Å². The number of nitrogens with zero attached hydrogens (tertiary/aromatic N) is 1. The van der Waals surface area contributed by atoms with Crippen LogP contribution in [0.4, 0.5) is 4.39 Å². The van der Waals surface area contributed by atoms with Crippen LogP contribution in [-0.2, 0) is 9.53 Å². The number of carbonyl (C=O) groups excluding carboxylic acids is 1. The number of benzene rings is 1. The van der Waals surface area contributed by atoms with Crippen molar-refractivity contribution in [2.24, 2.45) is 0 Å². The summed E-state index contributed by atoms with van der Waals surface area (Å²) in [5, 5.41) is 0. The molecule has 1 aromatic rings. The number of hydrogen-bond acceptors (Lipinski definition) is 4. The third-order valence-electron chi connectivity index (χ3n) is 3.47. The van der Waals surface area contributed by atoms with Crippen LogP contribution in [0.5, 0.6) is 5.75 Å². The van der Waals surface area contributed by atoms with Crippen LogP contribution in [-0.4, -0.2) is 43.2 Å². The van der Waals surface area contributed by atoms with Crippen molar-refractivity contribution in [3.63, 3.8) is 0 Å². The first-order valence-electron chi connectivity index (χ1n) is 7.43. The molecule has 1 fully saturated rings. The van der Waals surface area contributed by atoms with Crippen LogP contribution in [0, 0.1) is 5.82 Å². The number of piperidine rings is 1. The highest BCUT2D eigenvalue weighted by Gasteiger charge is 2.16. The molecule has 1 heterocycles. The van der Waals surface area contributed by atoms with E-state index in [9.17, 15) is 9.18 Å². The Morgan fingerprint density at radius 3 is 2.57 bits per heavy atom. The Morgan fingerprint density at radius 2 is 1.90 bits per heavy atom. The summed E-state index contributed by atoms with van der Waals surface area (Å²) < 4.78 is 23.3. The second-order valence-electron chi connectivity index (χ2n) is 5.40. The van der Waals surface area contributed by atoms with Gasteiger partial charge in [-0.1, -0.05) is 6.42 Å². The molecule has 4 nitrogen and oxygen atoms in total. The summed E-state index contributed by atoms with van der Waals surface area (Å²) in [5.41, 5.74) is 0. The van der Waals surface area contributed by atoms with Gasteiger partial charge in [-0.2, -0.15) is 0 Å². The Bertz CT molecular complexity index is 443. The van der Waals surface area contributed by atoms with Gasteiger partial charge in [0.2, 0.25) is 0 Å². The number of ether oxygens (including phenoxy) is 2. The predicted octanol–water partition coefficient (Wildman–Crippen LogP) is 2.62. The lowest BCUT2D eigenvalue weighted by Crippen LogP contribution is -2.37. The fourth-order valence-corrected chi connectivity index (χ4v) is 2.47. The lowest BCUT2D eigenvalue weighted by atomic mass is 10.1. The van der Waals surface area contributed by atoms with E-state index >= 15 is 0 Å². The van der Waals surface area contributed by atoms with Gasteiger partial charge in [0.15, 0.2) is 6.61 Å². The van der Waals surface area contributed by atoms with Gasteiger partial charge < -0.3 is 9.47 Å². The molecule has 1 atom stereocenters. The molecule has 1 aromatic carbocycles. The van der Waals surface area contributed by atoms with Crippen LogP contribution < -0.4 is 4.74 Å². The molecule has 0 amide bonds. The molecule has 0 N–H and O–H groups in total. The molecule has 1 saturated heterocycles. The van der Waals surface area contributed by atoms with E-state index < -0.39 is 5.97 Å². The quantitative estimate of drug-likeness (QED) is 0.756. The molecule has 1 aliphatic rings.